The Labute approximate surface area is 161 Å². The molecular weight excluding hydrogens is 362 g/mol. The Kier molecular flexibility index (Phi) is 4.72. The summed E-state index contributed by atoms with van der Waals surface area (Å²) in [5.41, 5.74) is 5.04. The molecule has 2 atom stereocenters. The quantitative estimate of drug-likeness (QED) is 0.723. The van der Waals surface area contributed by atoms with Gasteiger partial charge in [0.15, 0.2) is 0 Å². The molecule has 4 rings (SSSR count). The van der Waals surface area contributed by atoms with Crippen LogP contribution < -0.4 is 15.5 Å². The molecule has 1 aliphatic heterocycles. The lowest BCUT2D eigenvalue weighted by Crippen LogP contribution is -2.41. The van der Waals surface area contributed by atoms with Crippen LogP contribution in [0, 0.1) is 6.92 Å². The van der Waals surface area contributed by atoms with Crippen LogP contribution in [-0.4, -0.2) is 33.1 Å². The van der Waals surface area contributed by atoms with E-state index in [1.807, 2.05) is 66.2 Å². The molecule has 7 nitrogen and oxygen atoms in total. The molecule has 27 heavy (non-hydrogen) atoms. The largest absolute Gasteiger partial charge is 0.495 e. The number of methoxy groups -OCH3 is 1. The van der Waals surface area contributed by atoms with Crippen molar-refractivity contribution in [1.29, 1.82) is 0 Å². The highest BCUT2D eigenvalue weighted by Gasteiger charge is 2.37. The van der Waals surface area contributed by atoms with Crippen molar-refractivity contribution < 1.29 is 9.53 Å². The molecule has 1 aromatic heterocycles. The van der Waals surface area contributed by atoms with Crippen molar-refractivity contribution in [3.63, 3.8) is 0 Å². The Morgan fingerprint density at radius 3 is 2.67 bits per heavy atom. The number of hydrogen-bond donors (Lipinski definition) is 2. The molecule has 0 fully saturated rings. The Hall–Kier alpha value is -3.00. The van der Waals surface area contributed by atoms with Gasteiger partial charge in [-0.3, -0.25) is 4.79 Å². The van der Waals surface area contributed by atoms with Crippen LogP contribution in [0.2, 0.25) is 0 Å². The van der Waals surface area contributed by atoms with Crippen molar-refractivity contribution in [3.05, 3.63) is 66.0 Å². The van der Waals surface area contributed by atoms with Crippen LogP contribution in [0.4, 0.5) is 5.69 Å². The third-order valence-electron chi connectivity index (χ3n) is 4.38. The van der Waals surface area contributed by atoms with Gasteiger partial charge in [-0.2, -0.15) is 0 Å². The van der Waals surface area contributed by atoms with Gasteiger partial charge >= 0.3 is 0 Å². The average Bonchev–Trinajstić information content (AvgIpc) is 3.08. The van der Waals surface area contributed by atoms with Gasteiger partial charge in [-0.1, -0.05) is 54.2 Å². The Bertz CT molecular complexity index is 960. The number of nitrogens with zero attached hydrogens (tertiary/aromatic N) is 3. The van der Waals surface area contributed by atoms with E-state index in [1.165, 1.54) is 11.8 Å². The van der Waals surface area contributed by atoms with Crippen LogP contribution in [0.15, 0.2) is 59.8 Å². The lowest BCUT2D eigenvalue weighted by atomic mass is 10.0. The summed E-state index contributed by atoms with van der Waals surface area (Å²) in [5, 5.41) is 11.5. The number of rotatable bonds is 4. The van der Waals surface area contributed by atoms with E-state index in [9.17, 15) is 4.79 Å². The average molecular weight is 381 g/mol. The number of amides is 1. The highest BCUT2D eigenvalue weighted by Crippen LogP contribution is 2.37. The zero-order chi connectivity index (χ0) is 18.8. The molecule has 1 aliphatic rings. The molecule has 2 heterocycles. The summed E-state index contributed by atoms with van der Waals surface area (Å²) in [4.78, 5) is 13.2. The van der Waals surface area contributed by atoms with Gasteiger partial charge in [-0.15, -0.1) is 10.2 Å². The number of thioether (sulfide) groups is 1. The van der Waals surface area contributed by atoms with Crippen LogP contribution in [0.5, 0.6) is 5.75 Å². The first-order valence-corrected chi connectivity index (χ1v) is 9.39. The van der Waals surface area contributed by atoms with Crippen molar-refractivity contribution in [1.82, 2.24) is 14.9 Å². The number of aromatic nitrogens is 3. The first-order chi connectivity index (χ1) is 13.2. The maximum Gasteiger partial charge on any atom is 0.240 e. The Balaban J connectivity index is 1.66. The van der Waals surface area contributed by atoms with Crippen molar-refractivity contribution >= 4 is 23.4 Å². The summed E-state index contributed by atoms with van der Waals surface area (Å²) in [5.74, 6) is 1.25. The number of hydrogen-bond acceptors (Lipinski definition) is 6. The second-order valence-electron chi connectivity index (χ2n) is 6.11. The molecule has 0 spiro atoms. The van der Waals surface area contributed by atoms with Crippen LogP contribution >= 0.6 is 11.8 Å². The summed E-state index contributed by atoms with van der Waals surface area (Å²) < 4.78 is 7.17. The van der Waals surface area contributed by atoms with Crippen LogP contribution in [0.3, 0.4) is 0 Å². The van der Waals surface area contributed by atoms with E-state index < -0.39 is 5.25 Å². The third kappa shape index (κ3) is 3.35. The van der Waals surface area contributed by atoms with Gasteiger partial charge in [0.1, 0.15) is 16.8 Å². The van der Waals surface area contributed by atoms with Crippen LogP contribution in [0.25, 0.3) is 0 Å². The van der Waals surface area contributed by atoms with E-state index in [-0.39, 0.29) is 11.9 Å². The number of carbonyl (C=O) groups excluding carboxylic acids is 1. The smallest absolute Gasteiger partial charge is 0.240 e. The fraction of sp³-hybridized carbons (Fsp3) is 0.211. The second-order valence-corrected chi connectivity index (χ2v) is 7.22. The number of aryl methyl sites for hydroxylation is 1. The lowest BCUT2D eigenvalue weighted by Gasteiger charge is -2.32. The molecule has 0 bridgehead atoms. The fourth-order valence-corrected chi connectivity index (χ4v) is 4.15. The molecule has 8 heteroatoms. The first kappa shape index (κ1) is 17.4. The van der Waals surface area contributed by atoms with Gasteiger partial charge in [0.05, 0.1) is 18.8 Å². The van der Waals surface area contributed by atoms with E-state index in [0.717, 1.165) is 11.4 Å². The molecule has 0 saturated heterocycles. The maximum absolute atomic E-state index is 13.2. The van der Waals surface area contributed by atoms with Gasteiger partial charge in [-0.05, 0) is 24.6 Å². The maximum atomic E-state index is 13.2. The molecule has 0 saturated carbocycles. The van der Waals surface area contributed by atoms with E-state index in [2.05, 4.69) is 20.9 Å². The van der Waals surface area contributed by atoms with Gasteiger partial charge < -0.3 is 15.5 Å². The Morgan fingerprint density at radius 1 is 1.15 bits per heavy atom. The zero-order valence-corrected chi connectivity index (χ0v) is 15.7. The molecule has 0 unspecified atom stereocenters. The standard InChI is InChI=1S/C19H19N5O2S/c1-12-21-22-19-24(12)23-16(13-8-4-3-5-9-13)17(27-19)18(25)20-14-10-6-7-11-15(14)26-2/h3-11,16-17,23H,1-2H3,(H,20,25)/t16-,17-/m1/s1. The summed E-state index contributed by atoms with van der Waals surface area (Å²) in [7, 11) is 1.58. The summed E-state index contributed by atoms with van der Waals surface area (Å²) in [6.45, 7) is 1.88. The minimum absolute atomic E-state index is 0.127. The number of ether oxygens (including phenoxy) is 1. The first-order valence-electron chi connectivity index (χ1n) is 8.51. The topological polar surface area (TPSA) is 81.1 Å². The van der Waals surface area contributed by atoms with E-state index in [0.29, 0.717) is 16.6 Å². The molecular formula is C19H19N5O2S. The number of benzene rings is 2. The van der Waals surface area contributed by atoms with Crippen molar-refractivity contribution in [2.24, 2.45) is 0 Å². The number of anilines is 1. The SMILES string of the molecule is COc1ccccc1NC(=O)[C@@H]1Sc2nnc(C)n2N[C@@H]1c1ccccc1. The van der Waals surface area contributed by atoms with Crippen molar-refractivity contribution in [2.45, 2.75) is 23.4 Å². The molecule has 1 amide bonds. The second kappa shape index (κ2) is 7.32. The van der Waals surface area contributed by atoms with Gasteiger partial charge in [0, 0.05) is 0 Å². The minimum atomic E-state index is -0.423. The third-order valence-corrected chi connectivity index (χ3v) is 5.60. The fourth-order valence-electron chi connectivity index (χ4n) is 3.02. The van der Waals surface area contributed by atoms with Crippen molar-refractivity contribution in [3.8, 4) is 5.75 Å². The normalized spacial score (nSPS) is 18.3. The monoisotopic (exact) mass is 381 g/mol. The summed E-state index contributed by atoms with van der Waals surface area (Å²) in [6, 6.07) is 17.0. The van der Waals surface area contributed by atoms with E-state index in [4.69, 9.17) is 4.74 Å². The van der Waals surface area contributed by atoms with E-state index in [1.54, 1.807) is 7.11 Å². The number of carbonyl (C=O) groups is 1. The predicted octanol–water partition coefficient (Wildman–Crippen LogP) is 2.99. The number of nitrogens with one attached hydrogen (secondary N) is 2. The number of fused-ring (bicyclic) bond motifs is 1. The Morgan fingerprint density at radius 2 is 1.89 bits per heavy atom. The highest BCUT2D eigenvalue weighted by atomic mass is 32.2. The van der Waals surface area contributed by atoms with Crippen LogP contribution in [0.1, 0.15) is 17.4 Å². The molecule has 2 aromatic carbocycles. The van der Waals surface area contributed by atoms with Crippen molar-refractivity contribution in [2.75, 3.05) is 17.9 Å². The number of para-hydroxylation sites is 2. The zero-order valence-electron chi connectivity index (χ0n) is 14.9. The molecule has 138 valence electrons. The molecule has 0 aliphatic carbocycles. The molecule has 3 aromatic rings. The summed E-state index contributed by atoms with van der Waals surface area (Å²) in [6.07, 6.45) is 0. The highest BCUT2D eigenvalue weighted by molar-refractivity contribution is 8.00. The lowest BCUT2D eigenvalue weighted by molar-refractivity contribution is -0.116. The van der Waals surface area contributed by atoms with Gasteiger partial charge in [0.25, 0.3) is 0 Å². The molecule has 0 radical (unpaired) electrons. The van der Waals surface area contributed by atoms with Gasteiger partial charge in [0.2, 0.25) is 11.1 Å². The van der Waals surface area contributed by atoms with E-state index >= 15 is 0 Å². The van der Waals surface area contributed by atoms with Gasteiger partial charge in [-0.25, -0.2) is 4.68 Å². The molecule has 2 N–H and O–H groups in total. The summed E-state index contributed by atoms with van der Waals surface area (Å²) >= 11 is 1.40. The predicted molar refractivity (Wildman–Crippen MR) is 105 cm³/mol. The van der Waals surface area contributed by atoms with Crippen LogP contribution in [-0.2, 0) is 4.79 Å². The minimum Gasteiger partial charge on any atom is -0.495 e.